The van der Waals surface area contributed by atoms with Crippen molar-refractivity contribution in [1.29, 1.82) is 0 Å². The van der Waals surface area contributed by atoms with Crippen LogP contribution in [0.15, 0.2) is 48.5 Å². The van der Waals surface area contributed by atoms with E-state index in [4.69, 9.17) is 0 Å². The van der Waals surface area contributed by atoms with Crippen LogP contribution < -0.4 is 10.6 Å². The lowest BCUT2D eigenvalue weighted by molar-refractivity contribution is 0.273. The van der Waals surface area contributed by atoms with E-state index >= 15 is 0 Å². The summed E-state index contributed by atoms with van der Waals surface area (Å²) in [5.74, 6) is 1.57. The van der Waals surface area contributed by atoms with Gasteiger partial charge in [0.1, 0.15) is 11.6 Å². The minimum Gasteiger partial charge on any atom is -0.394 e. The van der Waals surface area contributed by atoms with Gasteiger partial charge in [0.05, 0.1) is 12.6 Å². The van der Waals surface area contributed by atoms with Gasteiger partial charge in [-0.05, 0) is 24.1 Å². The van der Waals surface area contributed by atoms with Crippen molar-refractivity contribution in [2.45, 2.75) is 12.5 Å². The zero-order valence-corrected chi connectivity index (χ0v) is 11.0. The minimum absolute atomic E-state index is 0.0398. The van der Waals surface area contributed by atoms with Gasteiger partial charge in [-0.25, -0.2) is 4.98 Å². The topological polar surface area (TPSA) is 57.2 Å². The molecule has 0 amide bonds. The predicted octanol–water partition coefficient (Wildman–Crippen LogP) is 2.14. The SMILES string of the molecule is CNc1cccc(NC(CO)Cc2ccccc2)n1. The lowest BCUT2D eigenvalue weighted by atomic mass is 10.1. The summed E-state index contributed by atoms with van der Waals surface area (Å²) >= 11 is 0. The summed E-state index contributed by atoms with van der Waals surface area (Å²) in [5, 5.41) is 15.7. The van der Waals surface area contributed by atoms with E-state index in [2.05, 4.69) is 27.8 Å². The molecule has 0 bridgehead atoms. The molecule has 0 fully saturated rings. The maximum atomic E-state index is 9.47. The van der Waals surface area contributed by atoms with Gasteiger partial charge < -0.3 is 15.7 Å². The Morgan fingerprint density at radius 3 is 2.47 bits per heavy atom. The van der Waals surface area contributed by atoms with E-state index in [1.807, 2.05) is 43.4 Å². The molecular weight excluding hydrogens is 238 g/mol. The number of anilines is 2. The van der Waals surface area contributed by atoms with Crippen molar-refractivity contribution in [3.8, 4) is 0 Å². The summed E-state index contributed by atoms with van der Waals surface area (Å²) in [6.45, 7) is 0.0698. The number of aromatic nitrogens is 1. The second-order valence-electron chi connectivity index (χ2n) is 4.37. The van der Waals surface area contributed by atoms with Gasteiger partial charge in [-0.1, -0.05) is 36.4 Å². The standard InChI is InChI=1S/C15H19N3O/c1-16-14-8-5-9-15(18-14)17-13(11-19)10-12-6-3-2-4-7-12/h2-9,13,19H,10-11H2,1H3,(H2,16,17,18). The van der Waals surface area contributed by atoms with Crippen LogP contribution in [0.5, 0.6) is 0 Å². The zero-order valence-electron chi connectivity index (χ0n) is 11.0. The van der Waals surface area contributed by atoms with Crippen molar-refractivity contribution in [2.75, 3.05) is 24.3 Å². The second-order valence-corrected chi connectivity index (χ2v) is 4.37. The van der Waals surface area contributed by atoms with Crippen molar-refractivity contribution in [1.82, 2.24) is 4.98 Å². The number of nitrogens with zero attached hydrogens (tertiary/aromatic N) is 1. The van der Waals surface area contributed by atoms with Gasteiger partial charge >= 0.3 is 0 Å². The van der Waals surface area contributed by atoms with Crippen LogP contribution in [0.1, 0.15) is 5.56 Å². The Labute approximate surface area is 113 Å². The number of pyridine rings is 1. The molecule has 4 nitrogen and oxygen atoms in total. The number of hydrogen-bond acceptors (Lipinski definition) is 4. The number of nitrogens with one attached hydrogen (secondary N) is 2. The third kappa shape index (κ3) is 3.96. The highest BCUT2D eigenvalue weighted by molar-refractivity contribution is 5.45. The molecule has 4 heteroatoms. The number of aliphatic hydroxyl groups excluding tert-OH is 1. The van der Waals surface area contributed by atoms with Crippen LogP contribution in [0.3, 0.4) is 0 Å². The Kier molecular flexibility index (Phi) is 4.75. The van der Waals surface area contributed by atoms with Crippen molar-refractivity contribution in [3.63, 3.8) is 0 Å². The van der Waals surface area contributed by atoms with Crippen molar-refractivity contribution in [3.05, 3.63) is 54.1 Å². The summed E-state index contributed by atoms with van der Waals surface area (Å²) in [7, 11) is 1.83. The first-order valence-corrected chi connectivity index (χ1v) is 6.38. The summed E-state index contributed by atoms with van der Waals surface area (Å²) in [6, 6.07) is 15.8. The van der Waals surface area contributed by atoms with Crippen LogP contribution in [0, 0.1) is 0 Å². The molecule has 0 aliphatic heterocycles. The fourth-order valence-corrected chi connectivity index (χ4v) is 1.92. The molecule has 19 heavy (non-hydrogen) atoms. The normalized spacial score (nSPS) is 11.9. The van der Waals surface area contributed by atoms with E-state index in [0.717, 1.165) is 18.1 Å². The summed E-state index contributed by atoms with van der Waals surface area (Å²) < 4.78 is 0. The summed E-state index contributed by atoms with van der Waals surface area (Å²) in [4.78, 5) is 4.39. The molecule has 1 unspecified atom stereocenters. The molecule has 100 valence electrons. The molecule has 1 aromatic heterocycles. The first-order chi connectivity index (χ1) is 9.31. The van der Waals surface area contributed by atoms with Crippen LogP contribution >= 0.6 is 0 Å². The van der Waals surface area contributed by atoms with Crippen LogP contribution in [0.25, 0.3) is 0 Å². The quantitative estimate of drug-likeness (QED) is 0.742. The van der Waals surface area contributed by atoms with Crippen molar-refractivity contribution >= 4 is 11.6 Å². The van der Waals surface area contributed by atoms with Gasteiger partial charge in [0.2, 0.25) is 0 Å². The Morgan fingerprint density at radius 2 is 1.79 bits per heavy atom. The number of aliphatic hydroxyl groups is 1. The highest BCUT2D eigenvalue weighted by atomic mass is 16.3. The van der Waals surface area contributed by atoms with Crippen LogP contribution in [0.4, 0.5) is 11.6 Å². The smallest absolute Gasteiger partial charge is 0.128 e. The first-order valence-electron chi connectivity index (χ1n) is 6.38. The van der Waals surface area contributed by atoms with Crippen molar-refractivity contribution < 1.29 is 5.11 Å². The highest BCUT2D eigenvalue weighted by Crippen LogP contribution is 2.12. The molecular formula is C15H19N3O. The Balaban J connectivity index is 2.02. The van der Waals surface area contributed by atoms with Crippen LogP contribution in [-0.4, -0.2) is 29.8 Å². The Hall–Kier alpha value is -2.07. The van der Waals surface area contributed by atoms with Gasteiger partial charge in [-0.3, -0.25) is 0 Å². The number of rotatable bonds is 6. The molecule has 1 aromatic carbocycles. The molecule has 0 aliphatic carbocycles. The monoisotopic (exact) mass is 257 g/mol. The minimum atomic E-state index is -0.0398. The van der Waals surface area contributed by atoms with E-state index in [0.29, 0.717) is 0 Å². The number of hydrogen-bond donors (Lipinski definition) is 3. The molecule has 0 radical (unpaired) electrons. The molecule has 2 aromatic rings. The Bertz CT molecular complexity index is 502. The molecule has 0 saturated heterocycles. The van der Waals surface area contributed by atoms with Crippen LogP contribution in [-0.2, 0) is 6.42 Å². The zero-order chi connectivity index (χ0) is 13.5. The second kappa shape index (κ2) is 6.75. The van der Waals surface area contributed by atoms with E-state index in [-0.39, 0.29) is 12.6 Å². The molecule has 2 rings (SSSR count). The lowest BCUT2D eigenvalue weighted by Gasteiger charge is -2.17. The van der Waals surface area contributed by atoms with E-state index < -0.39 is 0 Å². The van der Waals surface area contributed by atoms with E-state index in [1.54, 1.807) is 0 Å². The lowest BCUT2D eigenvalue weighted by Crippen LogP contribution is -2.26. The molecule has 1 heterocycles. The maximum Gasteiger partial charge on any atom is 0.128 e. The van der Waals surface area contributed by atoms with E-state index in [9.17, 15) is 5.11 Å². The van der Waals surface area contributed by atoms with Gasteiger partial charge in [0.25, 0.3) is 0 Å². The van der Waals surface area contributed by atoms with E-state index in [1.165, 1.54) is 5.56 Å². The molecule has 0 saturated carbocycles. The molecule has 0 spiro atoms. The fourth-order valence-electron chi connectivity index (χ4n) is 1.92. The van der Waals surface area contributed by atoms with Crippen LogP contribution in [0.2, 0.25) is 0 Å². The fraction of sp³-hybridized carbons (Fsp3) is 0.267. The predicted molar refractivity (Wildman–Crippen MR) is 78.4 cm³/mol. The average Bonchev–Trinajstić information content (AvgIpc) is 2.48. The molecule has 0 aliphatic rings. The Morgan fingerprint density at radius 1 is 1.05 bits per heavy atom. The largest absolute Gasteiger partial charge is 0.394 e. The maximum absolute atomic E-state index is 9.47. The molecule has 1 atom stereocenters. The number of benzene rings is 1. The summed E-state index contributed by atoms with van der Waals surface area (Å²) in [5.41, 5.74) is 1.19. The summed E-state index contributed by atoms with van der Waals surface area (Å²) in [6.07, 6.45) is 0.767. The van der Waals surface area contributed by atoms with Gasteiger partial charge in [-0.2, -0.15) is 0 Å². The average molecular weight is 257 g/mol. The van der Waals surface area contributed by atoms with Crippen molar-refractivity contribution in [2.24, 2.45) is 0 Å². The third-order valence-corrected chi connectivity index (χ3v) is 2.90. The highest BCUT2D eigenvalue weighted by Gasteiger charge is 2.09. The van der Waals surface area contributed by atoms with Gasteiger partial charge in [-0.15, -0.1) is 0 Å². The van der Waals surface area contributed by atoms with Gasteiger partial charge in [0, 0.05) is 7.05 Å². The molecule has 3 N–H and O–H groups in total. The van der Waals surface area contributed by atoms with Gasteiger partial charge in [0.15, 0.2) is 0 Å². The third-order valence-electron chi connectivity index (χ3n) is 2.90. The first kappa shape index (κ1) is 13.4.